The predicted octanol–water partition coefficient (Wildman–Crippen LogP) is 1.02. The van der Waals surface area contributed by atoms with Crippen LogP contribution in [0, 0.1) is 5.92 Å². The highest BCUT2D eigenvalue weighted by atomic mass is 16.5. The molecule has 1 aromatic rings. The van der Waals surface area contributed by atoms with Gasteiger partial charge in [-0.15, -0.1) is 0 Å². The second kappa shape index (κ2) is 5.17. The van der Waals surface area contributed by atoms with Crippen LogP contribution in [0.4, 0.5) is 0 Å². The molecule has 102 valence electrons. The zero-order chi connectivity index (χ0) is 13.2. The molecule has 0 unspecified atom stereocenters. The number of nitrogens with one attached hydrogen (secondary N) is 1. The van der Waals surface area contributed by atoms with Crippen molar-refractivity contribution in [2.45, 2.75) is 25.3 Å². The van der Waals surface area contributed by atoms with Crippen LogP contribution in [0.15, 0.2) is 23.1 Å². The van der Waals surface area contributed by atoms with Gasteiger partial charge in [0.05, 0.1) is 12.2 Å². The maximum absolute atomic E-state index is 12.5. The van der Waals surface area contributed by atoms with Crippen molar-refractivity contribution in [3.63, 3.8) is 0 Å². The first kappa shape index (κ1) is 12.4. The molecule has 1 aliphatic heterocycles. The molecule has 0 bridgehead atoms. The fourth-order valence-corrected chi connectivity index (χ4v) is 2.50. The van der Waals surface area contributed by atoms with Gasteiger partial charge >= 0.3 is 0 Å². The molecule has 0 radical (unpaired) electrons. The fraction of sp³-hybridized carbons (Fsp3) is 0.571. The number of pyridine rings is 1. The normalized spacial score (nSPS) is 22.4. The minimum atomic E-state index is -0.182. The van der Waals surface area contributed by atoms with Crippen molar-refractivity contribution in [1.29, 1.82) is 0 Å². The molecule has 3 rings (SSSR count). The van der Waals surface area contributed by atoms with E-state index < -0.39 is 0 Å². The number of nitrogens with zero attached hydrogens (tertiary/aromatic N) is 1. The standard InChI is InChI=1S/C14H18N2O3/c17-13-4-1-11(7-15-13)14(18)16(12-2-3-12)8-10-5-6-19-9-10/h1,4,7,10,12H,2-3,5-6,8-9H2,(H,15,17)/t10-/m1/s1. The summed E-state index contributed by atoms with van der Waals surface area (Å²) in [7, 11) is 0. The molecule has 2 fully saturated rings. The molecule has 1 atom stereocenters. The molecule has 1 saturated heterocycles. The Morgan fingerprint density at radius 3 is 2.79 bits per heavy atom. The summed E-state index contributed by atoms with van der Waals surface area (Å²) < 4.78 is 5.37. The van der Waals surface area contributed by atoms with Crippen molar-refractivity contribution in [3.05, 3.63) is 34.2 Å². The van der Waals surface area contributed by atoms with Gasteiger partial charge in [-0.25, -0.2) is 0 Å². The molecule has 2 heterocycles. The molecule has 0 aromatic carbocycles. The van der Waals surface area contributed by atoms with Gasteiger partial charge in [0.25, 0.3) is 5.91 Å². The van der Waals surface area contributed by atoms with Gasteiger partial charge in [-0.05, 0) is 25.3 Å². The Kier molecular flexibility index (Phi) is 3.38. The van der Waals surface area contributed by atoms with Crippen molar-refractivity contribution < 1.29 is 9.53 Å². The van der Waals surface area contributed by atoms with Gasteiger partial charge in [-0.1, -0.05) is 0 Å². The highest BCUT2D eigenvalue weighted by Crippen LogP contribution is 2.30. The van der Waals surface area contributed by atoms with Crippen LogP contribution in [0.5, 0.6) is 0 Å². The van der Waals surface area contributed by atoms with E-state index in [1.54, 1.807) is 6.07 Å². The predicted molar refractivity (Wildman–Crippen MR) is 70.0 cm³/mol. The van der Waals surface area contributed by atoms with Gasteiger partial charge in [0.2, 0.25) is 5.56 Å². The van der Waals surface area contributed by atoms with E-state index in [4.69, 9.17) is 4.74 Å². The van der Waals surface area contributed by atoms with E-state index in [1.165, 1.54) is 12.3 Å². The van der Waals surface area contributed by atoms with Crippen molar-refractivity contribution in [2.24, 2.45) is 5.92 Å². The van der Waals surface area contributed by atoms with Gasteiger partial charge in [-0.3, -0.25) is 9.59 Å². The number of H-pyrrole nitrogens is 1. The van der Waals surface area contributed by atoms with Crippen LogP contribution in [0.3, 0.4) is 0 Å². The summed E-state index contributed by atoms with van der Waals surface area (Å²) >= 11 is 0. The molecular weight excluding hydrogens is 244 g/mol. The number of carbonyl (C=O) groups excluding carboxylic acids is 1. The quantitative estimate of drug-likeness (QED) is 0.881. The number of aromatic amines is 1. The molecule has 1 amide bonds. The van der Waals surface area contributed by atoms with Gasteiger partial charge in [0, 0.05) is 37.4 Å². The Hall–Kier alpha value is -1.62. The zero-order valence-electron chi connectivity index (χ0n) is 10.8. The van der Waals surface area contributed by atoms with Gasteiger partial charge in [-0.2, -0.15) is 0 Å². The van der Waals surface area contributed by atoms with Gasteiger partial charge in [0.1, 0.15) is 0 Å². The van der Waals surface area contributed by atoms with Gasteiger partial charge in [0.15, 0.2) is 0 Å². The number of hydrogen-bond acceptors (Lipinski definition) is 3. The van der Waals surface area contributed by atoms with E-state index in [9.17, 15) is 9.59 Å². The maximum atomic E-state index is 12.5. The highest BCUT2D eigenvalue weighted by Gasteiger charge is 2.35. The summed E-state index contributed by atoms with van der Waals surface area (Å²) in [4.78, 5) is 28.0. The number of carbonyl (C=O) groups is 1. The third-order valence-corrected chi connectivity index (χ3v) is 3.76. The summed E-state index contributed by atoms with van der Waals surface area (Å²) in [6.45, 7) is 2.32. The number of amides is 1. The lowest BCUT2D eigenvalue weighted by atomic mass is 10.1. The summed E-state index contributed by atoms with van der Waals surface area (Å²) in [6, 6.07) is 3.37. The zero-order valence-corrected chi connectivity index (χ0v) is 10.8. The minimum Gasteiger partial charge on any atom is -0.381 e. The summed E-state index contributed by atoms with van der Waals surface area (Å²) in [5, 5.41) is 0. The largest absolute Gasteiger partial charge is 0.381 e. The van der Waals surface area contributed by atoms with Crippen LogP contribution in [0.2, 0.25) is 0 Å². The summed E-state index contributed by atoms with van der Waals surface area (Å²) in [5.74, 6) is 0.470. The second-order valence-corrected chi connectivity index (χ2v) is 5.36. The van der Waals surface area contributed by atoms with Crippen molar-refractivity contribution in [2.75, 3.05) is 19.8 Å². The first-order valence-electron chi connectivity index (χ1n) is 6.81. The average Bonchev–Trinajstić information content (AvgIpc) is 3.13. The molecule has 5 heteroatoms. The lowest BCUT2D eigenvalue weighted by Crippen LogP contribution is -2.37. The first-order valence-corrected chi connectivity index (χ1v) is 6.81. The molecule has 1 aromatic heterocycles. The van der Waals surface area contributed by atoms with Crippen molar-refractivity contribution in [1.82, 2.24) is 9.88 Å². The van der Waals surface area contributed by atoms with Crippen LogP contribution < -0.4 is 5.56 Å². The molecule has 5 nitrogen and oxygen atoms in total. The van der Waals surface area contributed by atoms with Crippen LogP contribution in [-0.4, -0.2) is 41.6 Å². The number of rotatable bonds is 4. The maximum Gasteiger partial charge on any atom is 0.255 e. The third-order valence-electron chi connectivity index (χ3n) is 3.76. The van der Waals surface area contributed by atoms with Crippen LogP contribution >= 0.6 is 0 Å². The van der Waals surface area contributed by atoms with Gasteiger partial charge < -0.3 is 14.6 Å². The lowest BCUT2D eigenvalue weighted by molar-refractivity contribution is 0.0706. The number of hydrogen-bond donors (Lipinski definition) is 1. The number of ether oxygens (including phenoxy) is 1. The topological polar surface area (TPSA) is 62.4 Å². The smallest absolute Gasteiger partial charge is 0.255 e. The van der Waals surface area contributed by atoms with E-state index in [0.717, 1.165) is 39.0 Å². The van der Waals surface area contributed by atoms with E-state index in [-0.39, 0.29) is 11.5 Å². The lowest BCUT2D eigenvalue weighted by Gasteiger charge is -2.25. The van der Waals surface area contributed by atoms with Crippen molar-refractivity contribution >= 4 is 5.91 Å². The fourth-order valence-electron chi connectivity index (χ4n) is 2.50. The summed E-state index contributed by atoms with van der Waals surface area (Å²) in [6.07, 6.45) is 4.71. The molecule has 1 N–H and O–H groups in total. The van der Waals surface area contributed by atoms with E-state index in [0.29, 0.717) is 17.5 Å². The minimum absolute atomic E-state index is 0.0191. The Balaban J connectivity index is 1.73. The third kappa shape index (κ3) is 2.87. The number of aromatic nitrogens is 1. The van der Waals surface area contributed by atoms with Crippen molar-refractivity contribution in [3.8, 4) is 0 Å². The highest BCUT2D eigenvalue weighted by molar-refractivity contribution is 5.94. The first-order chi connectivity index (χ1) is 9.24. The Bertz CT molecular complexity index is 495. The van der Waals surface area contributed by atoms with Crippen LogP contribution in [-0.2, 0) is 4.74 Å². The van der Waals surface area contributed by atoms with E-state index in [1.807, 2.05) is 4.90 Å². The average molecular weight is 262 g/mol. The Morgan fingerprint density at radius 1 is 1.37 bits per heavy atom. The van der Waals surface area contributed by atoms with E-state index in [2.05, 4.69) is 4.98 Å². The Labute approximate surface area is 111 Å². The molecule has 1 aliphatic carbocycles. The van der Waals surface area contributed by atoms with Crippen LogP contribution in [0.25, 0.3) is 0 Å². The molecule has 2 aliphatic rings. The van der Waals surface area contributed by atoms with Crippen LogP contribution in [0.1, 0.15) is 29.6 Å². The molecule has 0 spiro atoms. The monoisotopic (exact) mass is 262 g/mol. The second-order valence-electron chi connectivity index (χ2n) is 5.36. The molecular formula is C14H18N2O3. The summed E-state index contributed by atoms with van der Waals surface area (Å²) in [5.41, 5.74) is 0.379. The molecule has 1 saturated carbocycles. The Morgan fingerprint density at radius 2 is 2.21 bits per heavy atom. The SMILES string of the molecule is O=C(c1ccc(=O)[nH]c1)N(C[C@H]1CCOC1)C1CC1. The van der Waals surface area contributed by atoms with E-state index >= 15 is 0 Å². The molecule has 19 heavy (non-hydrogen) atoms.